The van der Waals surface area contributed by atoms with Crippen molar-refractivity contribution in [3.8, 4) is 0 Å². The van der Waals surface area contributed by atoms with Crippen LogP contribution in [0.15, 0.2) is 29.1 Å². The van der Waals surface area contributed by atoms with Crippen molar-refractivity contribution in [2.75, 3.05) is 18.0 Å². The standard InChI is InChI=1S/C20H24N4O2/c1-13-5-2-9-18(21-13)24-10-4-7-15(12-24)22-19(25)16-11-14-6-3-8-17(14)23-20(16)26/h2,5,9,11,15H,3-4,6-8,10,12H2,1H3,(H,22,25)(H,23,26). The van der Waals surface area contributed by atoms with Crippen molar-refractivity contribution >= 4 is 11.7 Å². The Morgan fingerprint density at radius 3 is 3.04 bits per heavy atom. The molecule has 1 amide bonds. The predicted octanol–water partition coefficient (Wildman–Crippen LogP) is 1.97. The summed E-state index contributed by atoms with van der Waals surface area (Å²) in [4.78, 5) is 34.6. The molecule has 2 N–H and O–H groups in total. The smallest absolute Gasteiger partial charge is 0.261 e. The first-order valence-corrected chi connectivity index (χ1v) is 9.35. The summed E-state index contributed by atoms with van der Waals surface area (Å²) >= 11 is 0. The van der Waals surface area contributed by atoms with E-state index in [9.17, 15) is 9.59 Å². The maximum absolute atomic E-state index is 12.7. The lowest BCUT2D eigenvalue weighted by molar-refractivity contribution is 0.0931. The van der Waals surface area contributed by atoms with E-state index in [1.807, 2.05) is 25.1 Å². The number of hydrogen-bond donors (Lipinski definition) is 2. The highest BCUT2D eigenvalue weighted by molar-refractivity contribution is 5.94. The normalized spacial score (nSPS) is 19.3. The van der Waals surface area contributed by atoms with E-state index in [4.69, 9.17) is 0 Å². The van der Waals surface area contributed by atoms with E-state index in [2.05, 4.69) is 20.2 Å². The lowest BCUT2D eigenvalue weighted by atomic mass is 10.0. The molecule has 2 aromatic heterocycles. The van der Waals surface area contributed by atoms with Crippen molar-refractivity contribution in [1.29, 1.82) is 0 Å². The van der Waals surface area contributed by atoms with Crippen molar-refractivity contribution in [3.05, 3.63) is 57.1 Å². The van der Waals surface area contributed by atoms with Gasteiger partial charge in [0.2, 0.25) is 0 Å². The van der Waals surface area contributed by atoms with Gasteiger partial charge in [0.25, 0.3) is 11.5 Å². The Kier molecular flexibility index (Phi) is 4.49. The zero-order valence-corrected chi connectivity index (χ0v) is 15.0. The van der Waals surface area contributed by atoms with E-state index in [1.54, 1.807) is 6.07 Å². The second-order valence-corrected chi connectivity index (χ2v) is 7.27. The Morgan fingerprint density at radius 1 is 1.31 bits per heavy atom. The van der Waals surface area contributed by atoms with Gasteiger partial charge >= 0.3 is 0 Å². The van der Waals surface area contributed by atoms with Crippen LogP contribution in [0.1, 0.15) is 46.6 Å². The molecule has 1 saturated heterocycles. The third kappa shape index (κ3) is 3.36. The van der Waals surface area contributed by atoms with Gasteiger partial charge in [0.05, 0.1) is 0 Å². The average molecular weight is 352 g/mol. The largest absolute Gasteiger partial charge is 0.355 e. The fraction of sp³-hybridized carbons (Fsp3) is 0.450. The molecule has 1 aliphatic heterocycles. The number of pyridine rings is 2. The van der Waals surface area contributed by atoms with E-state index in [0.29, 0.717) is 6.54 Å². The van der Waals surface area contributed by atoms with Crippen molar-refractivity contribution in [1.82, 2.24) is 15.3 Å². The van der Waals surface area contributed by atoms with Crippen LogP contribution in [0.3, 0.4) is 0 Å². The molecule has 6 heteroatoms. The molecular weight excluding hydrogens is 328 g/mol. The summed E-state index contributed by atoms with van der Waals surface area (Å²) in [7, 11) is 0. The summed E-state index contributed by atoms with van der Waals surface area (Å²) in [6.45, 7) is 3.63. The fourth-order valence-electron chi connectivity index (χ4n) is 3.95. The molecular formula is C20H24N4O2. The first-order valence-electron chi connectivity index (χ1n) is 9.35. The summed E-state index contributed by atoms with van der Waals surface area (Å²) < 4.78 is 0. The van der Waals surface area contributed by atoms with Gasteiger partial charge in [-0.25, -0.2) is 4.98 Å². The van der Waals surface area contributed by atoms with Crippen LogP contribution in [0.25, 0.3) is 0 Å². The van der Waals surface area contributed by atoms with Gasteiger partial charge in [0.15, 0.2) is 0 Å². The Morgan fingerprint density at radius 2 is 2.19 bits per heavy atom. The summed E-state index contributed by atoms with van der Waals surface area (Å²) in [6.07, 6.45) is 4.77. The number of amides is 1. The number of aryl methyl sites for hydroxylation is 3. The number of aromatic amines is 1. The van der Waals surface area contributed by atoms with Crippen molar-refractivity contribution in [2.45, 2.75) is 45.1 Å². The van der Waals surface area contributed by atoms with Gasteiger partial charge in [-0.1, -0.05) is 6.07 Å². The van der Waals surface area contributed by atoms with Crippen LogP contribution in [0.2, 0.25) is 0 Å². The number of carbonyl (C=O) groups excluding carboxylic acids is 1. The number of anilines is 1. The molecule has 0 saturated carbocycles. The molecule has 26 heavy (non-hydrogen) atoms. The number of piperidine rings is 1. The van der Waals surface area contributed by atoms with Gasteiger partial charge in [-0.2, -0.15) is 0 Å². The Hall–Kier alpha value is -2.63. The van der Waals surface area contributed by atoms with Crippen LogP contribution in [0.4, 0.5) is 5.82 Å². The monoisotopic (exact) mass is 352 g/mol. The second-order valence-electron chi connectivity index (χ2n) is 7.27. The fourth-order valence-corrected chi connectivity index (χ4v) is 3.95. The molecule has 0 aromatic carbocycles. The number of fused-ring (bicyclic) bond motifs is 1. The molecule has 1 unspecified atom stereocenters. The van der Waals surface area contributed by atoms with E-state index < -0.39 is 0 Å². The first kappa shape index (κ1) is 16.8. The van der Waals surface area contributed by atoms with E-state index in [-0.39, 0.29) is 23.1 Å². The summed E-state index contributed by atoms with van der Waals surface area (Å²) in [5, 5.41) is 3.05. The number of nitrogens with zero attached hydrogens (tertiary/aromatic N) is 2. The number of nitrogens with one attached hydrogen (secondary N) is 2. The van der Waals surface area contributed by atoms with E-state index in [0.717, 1.165) is 61.4 Å². The number of aromatic nitrogens is 2. The molecule has 0 radical (unpaired) electrons. The SMILES string of the molecule is Cc1cccc(N2CCCC(NC(=O)c3cc4c([nH]c3=O)CCC4)C2)n1. The molecule has 2 aromatic rings. The minimum atomic E-state index is -0.281. The summed E-state index contributed by atoms with van der Waals surface area (Å²) in [6, 6.07) is 7.78. The van der Waals surface area contributed by atoms with E-state index >= 15 is 0 Å². The van der Waals surface area contributed by atoms with Crippen molar-refractivity contribution in [3.63, 3.8) is 0 Å². The highest BCUT2D eigenvalue weighted by atomic mass is 16.2. The minimum Gasteiger partial charge on any atom is -0.355 e. The zero-order chi connectivity index (χ0) is 18.1. The van der Waals surface area contributed by atoms with Gasteiger partial charge in [0.1, 0.15) is 11.4 Å². The Bertz CT molecular complexity index is 890. The maximum Gasteiger partial charge on any atom is 0.261 e. The van der Waals surface area contributed by atoms with Gasteiger partial charge < -0.3 is 15.2 Å². The van der Waals surface area contributed by atoms with Gasteiger partial charge in [-0.05, 0) is 62.8 Å². The highest BCUT2D eigenvalue weighted by Gasteiger charge is 2.24. The number of rotatable bonds is 3. The first-order chi connectivity index (χ1) is 12.6. The van der Waals surface area contributed by atoms with Crippen LogP contribution < -0.4 is 15.8 Å². The van der Waals surface area contributed by atoms with Crippen LogP contribution >= 0.6 is 0 Å². The molecule has 1 aliphatic carbocycles. The molecule has 1 fully saturated rings. The van der Waals surface area contributed by atoms with Crippen molar-refractivity contribution < 1.29 is 4.79 Å². The van der Waals surface area contributed by atoms with Crippen LogP contribution in [0, 0.1) is 6.92 Å². The predicted molar refractivity (Wildman–Crippen MR) is 101 cm³/mol. The molecule has 6 nitrogen and oxygen atoms in total. The highest BCUT2D eigenvalue weighted by Crippen LogP contribution is 2.20. The third-order valence-corrected chi connectivity index (χ3v) is 5.29. The van der Waals surface area contributed by atoms with Gasteiger partial charge in [-0.3, -0.25) is 9.59 Å². The molecule has 1 atom stereocenters. The number of H-pyrrole nitrogens is 1. The third-order valence-electron chi connectivity index (χ3n) is 5.29. The number of hydrogen-bond acceptors (Lipinski definition) is 4. The van der Waals surface area contributed by atoms with Crippen LogP contribution in [-0.2, 0) is 12.8 Å². The van der Waals surface area contributed by atoms with Crippen molar-refractivity contribution in [2.24, 2.45) is 0 Å². The molecule has 136 valence electrons. The Labute approximate surface area is 152 Å². The lowest BCUT2D eigenvalue weighted by Gasteiger charge is -2.34. The Balaban J connectivity index is 1.47. The second kappa shape index (κ2) is 6.94. The minimum absolute atomic E-state index is 0.0196. The molecule has 0 bridgehead atoms. The zero-order valence-electron chi connectivity index (χ0n) is 15.0. The maximum atomic E-state index is 12.7. The quantitative estimate of drug-likeness (QED) is 0.885. The summed E-state index contributed by atoms with van der Waals surface area (Å²) in [5.74, 6) is 0.671. The summed E-state index contributed by atoms with van der Waals surface area (Å²) in [5.41, 5.74) is 3.02. The topological polar surface area (TPSA) is 78.1 Å². The molecule has 0 spiro atoms. The number of carbonyl (C=O) groups is 1. The molecule has 4 rings (SSSR count). The van der Waals surface area contributed by atoms with E-state index in [1.165, 1.54) is 0 Å². The lowest BCUT2D eigenvalue weighted by Crippen LogP contribution is -2.48. The average Bonchev–Trinajstić information content (AvgIpc) is 3.08. The molecule has 3 heterocycles. The van der Waals surface area contributed by atoms with Gasteiger partial charge in [-0.15, -0.1) is 0 Å². The van der Waals surface area contributed by atoms with Gasteiger partial charge in [0, 0.05) is 30.5 Å². The van der Waals surface area contributed by atoms with Crippen LogP contribution in [0.5, 0.6) is 0 Å². The van der Waals surface area contributed by atoms with Crippen LogP contribution in [-0.4, -0.2) is 35.0 Å². The molecule has 2 aliphatic rings.